The van der Waals surface area contributed by atoms with Gasteiger partial charge in [-0.3, -0.25) is 4.79 Å². The van der Waals surface area contributed by atoms with Gasteiger partial charge >= 0.3 is 0 Å². The molecule has 13 heavy (non-hydrogen) atoms. The van der Waals surface area contributed by atoms with Crippen LogP contribution in [0.1, 0.15) is 10.4 Å². The average Bonchev–Trinajstić information content (AvgIpc) is 2.58. The van der Waals surface area contributed by atoms with E-state index in [1.807, 2.05) is 6.26 Å². The smallest absolute Gasteiger partial charge is 0.253 e. The highest BCUT2D eigenvalue weighted by atomic mass is 32.2. The van der Waals surface area contributed by atoms with E-state index in [1.54, 1.807) is 6.20 Å². The molecule has 2 heterocycles. The molecule has 0 aliphatic carbocycles. The van der Waals surface area contributed by atoms with Gasteiger partial charge in [0.1, 0.15) is 0 Å². The molecule has 0 aliphatic heterocycles. The molecule has 0 radical (unpaired) electrons. The van der Waals surface area contributed by atoms with Gasteiger partial charge in [0.2, 0.25) is 5.16 Å². The van der Waals surface area contributed by atoms with Crippen molar-refractivity contribution in [2.24, 2.45) is 0 Å². The Bertz CT molecular complexity index is 453. The number of carbonyl (C=O) groups excluding carboxylic acids is 1. The zero-order chi connectivity index (χ0) is 9.26. The van der Waals surface area contributed by atoms with E-state index < -0.39 is 0 Å². The van der Waals surface area contributed by atoms with Crippen molar-refractivity contribution in [3.05, 3.63) is 18.0 Å². The summed E-state index contributed by atoms with van der Waals surface area (Å²) in [6, 6.07) is 0. The quantitative estimate of drug-likeness (QED) is 0.519. The van der Waals surface area contributed by atoms with Crippen LogP contribution < -0.4 is 0 Å². The lowest BCUT2D eigenvalue weighted by atomic mass is 10.4. The maximum atomic E-state index is 10.4. The van der Waals surface area contributed by atoms with Crippen LogP contribution >= 0.6 is 11.8 Å². The predicted octanol–water partition coefficient (Wildman–Crippen LogP) is 0.659. The third-order valence-electron chi connectivity index (χ3n) is 1.51. The number of fused-ring (bicyclic) bond motifs is 1. The second-order valence-corrected chi connectivity index (χ2v) is 3.12. The molecular formula is C7H6N4OS. The van der Waals surface area contributed by atoms with E-state index in [4.69, 9.17) is 0 Å². The number of thioether (sulfide) groups is 1. The first-order valence-electron chi connectivity index (χ1n) is 3.55. The van der Waals surface area contributed by atoms with Gasteiger partial charge in [0, 0.05) is 12.4 Å². The average molecular weight is 194 g/mol. The molecule has 0 bridgehead atoms. The lowest BCUT2D eigenvalue weighted by Crippen LogP contribution is -1.93. The minimum atomic E-state index is 0.491. The Kier molecular flexibility index (Phi) is 1.97. The highest BCUT2D eigenvalue weighted by Gasteiger charge is 2.03. The summed E-state index contributed by atoms with van der Waals surface area (Å²) in [5, 5.41) is 4.74. The third-order valence-corrected chi connectivity index (χ3v) is 2.05. The van der Waals surface area contributed by atoms with E-state index in [1.165, 1.54) is 22.5 Å². The van der Waals surface area contributed by atoms with Crippen molar-refractivity contribution < 1.29 is 4.79 Å². The van der Waals surface area contributed by atoms with Gasteiger partial charge in [-0.05, 0) is 6.26 Å². The van der Waals surface area contributed by atoms with Crippen molar-refractivity contribution in [3.8, 4) is 0 Å². The van der Waals surface area contributed by atoms with Crippen LogP contribution in [0.5, 0.6) is 0 Å². The number of hydrogen-bond acceptors (Lipinski definition) is 5. The molecule has 0 aliphatic rings. The molecule has 0 unspecified atom stereocenters. The van der Waals surface area contributed by atoms with Crippen LogP contribution in [0.25, 0.3) is 5.78 Å². The van der Waals surface area contributed by atoms with Crippen LogP contribution in [-0.2, 0) is 0 Å². The molecule has 0 spiro atoms. The zero-order valence-electron chi connectivity index (χ0n) is 6.84. The largest absolute Gasteiger partial charge is 0.298 e. The van der Waals surface area contributed by atoms with E-state index >= 15 is 0 Å². The molecule has 0 saturated heterocycles. The van der Waals surface area contributed by atoms with Crippen molar-refractivity contribution in [1.82, 2.24) is 19.6 Å². The van der Waals surface area contributed by atoms with Gasteiger partial charge in [0.25, 0.3) is 5.78 Å². The minimum Gasteiger partial charge on any atom is -0.298 e. The third kappa shape index (κ3) is 1.40. The topological polar surface area (TPSA) is 60.2 Å². The molecule has 6 heteroatoms. The number of rotatable bonds is 2. The fourth-order valence-corrected chi connectivity index (χ4v) is 1.27. The Morgan fingerprint density at radius 1 is 1.62 bits per heavy atom. The molecular weight excluding hydrogens is 188 g/mol. The Hall–Kier alpha value is -1.43. The molecule has 2 aromatic heterocycles. The standard InChI is InChI=1S/C7H6N4OS/c1-13-7-9-6-8-2-5(4-12)3-11(6)10-7/h2-4H,1H3. The SMILES string of the molecule is CSc1nc2ncc(C=O)cn2n1. The van der Waals surface area contributed by atoms with Gasteiger partial charge in [0.15, 0.2) is 6.29 Å². The van der Waals surface area contributed by atoms with Crippen molar-refractivity contribution in [2.45, 2.75) is 5.16 Å². The van der Waals surface area contributed by atoms with Gasteiger partial charge in [0.05, 0.1) is 5.56 Å². The molecule has 0 saturated carbocycles. The van der Waals surface area contributed by atoms with Crippen molar-refractivity contribution in [1.29, 1.82) is 0 Å². The highest BCUT2D eigenvalue weighted by Crippen LogP contribution is 2.08. The molecule has 0 fully saturated rings. The Morgan fingerprint density at radius 2 is 2.46 bits per heavy atom. The molecule has 66 valence electrons. The molecule has 0 amide bonds. The van der Waals surface area contributed by atoms with E-state index in [-0.39, 0.29) is 0 Å². The molecule has 2 rings (SSSR count). The fraction of sp³-hybridized carbons (Fsp3) is 0.143. The Morgan fingerprint density at radius 3 is 3.15 bits per heavy atom. The van der Waals surface area contributed by atoms with Crippen LogP contribution in [-0.4, -0.2) is 32.1 Å². The lowest BCUT2D eigenvalue weighted by molar-refractivity contribution is 0.112. The summed E-state index contributed by atoms with van der Waals surface area (Å²) in [6.07, 6.45) is 5.69. The molecule has 0 atom stereocenters. The van der Waals surface area contributed by atoms with E-state index in [0.717, 1.165) is 6.29 Å². The molecule has 2 aromatic rings. The van der Waals surface area contributed by atoms with Crippen LogP contribution in [0.4, 0.5) is 0 Å². The van der Waals surface area contributed by atoms with E-state index in [2.05, 4.69) is 15.1 Å². The second-order valence-electron chi connectivity index (χ2n) is 2.35. The van der Waals surface area contributed by atoms with E-state index in [9.17, 15) is 4.79 Å². The number of aromatic nitrogens is 4. The zero-order valence-corrected chi connectivity index (χ0v) is 7.65. The predicted molar refractivity (Wildman–Crippen MR) is 48.0 cm³/mol. The summed E-state index contributed by atoms with van der Waals surface area (Å²) < 4.78 is 1.50. The Labute approximate surface area is 78.2 Å². The van der Waals surface area contributed by atoms with Gasteiger partial charge in [-0.25, -0.2) is 9.50 Å². The van der Waals surface area contributed by atoms with Crippen LogP contribution in [0.15, 0.2) is 17.6 Å². The molecule has 5 nitrogen and oxygen atoms in total. The summed E-state index contributed by atoms with van der Waals surface area (Å²) in [4.78, 5) is 18.5. The van der Waals surface area contributed by atoms with Gasteiger partial charge in [-0.2, -0.15) is 4.98 Å². The van der Waals surface area contributed by atoms with Crippen LogP contribution in [0.2, 0.25) is 0 Å². The maximum Gasteiger partial charge on any atom is 0.253 e. The fourth-order valence-electron chi connectivity index (χ4n) is 0.925. The molecule has 0 N–H and O–H groups in total. The van der Waals surface area contributed by atoms with Gasteiger partial charge < -0.3 is 0 Å². The van der Waals surface area contributed by atoms with Crippen molar-refractivity contribution in [2.75, 3.05) is 6.26 Å². The van der Waals surface area contributed by atoms with Crippen molar-refractivity contribution in [3.63, 3.8) is 0 Å². The summed E-state index contributed by atoms with van der Waals surface area (Å²) >= 11 is 1.44. The van der Waals surface area contributed by atoms with Crippen LogP contribution in [0.3, 0.4) is 0 Å². The first kappa shape index (κ1) is 8.18. The van der Waals surface area contributed by atoms with Gasteiger partial charge in [-0.1, -0.05) is 11.8 Å². The number of nitrogens with zero attached hydrogens (tertiary/aromatic N) is 4. The normalized spacial score (nSPS) is 10.5. The van der Waals surface area contributed by atoms with E-state index in [0.29, 0.717) is 16.5 Å². The summed E-state index contributed by atoms with van der Waals surface area (Å²) in [6.45, 7) is 0. The highest BCUT2D eigenvalue weighted by molar-refractivity contribution is 7.98. The number of carbonyl (C=O) groups is 1. The summed E-state index contributed by atoms with van der Waals surface area (Å²) in [7, 11) is 0. The first-order chi connectivity index (χ1) is 6.33. The lowest BCUT2D eigenvalue weighted by Gasteiger charge is -1.89. The Balaban J connectivity index is 2.63. The monoisotopic (exact) mass is 194 g/mol. The molecule has 0 aromatic carbocycles. The maximum absolute atomic E-state index is 10.4. The first-order valence-corrected chi connectivity index (χ1v) is 4.77. The van der Waals surface area contributed by atoms with Crippen LogP contribution in [0, 0.1) is 0 Å². The van der Waals surface area contributed by atoms with Gasteiger partial charge in [-0.15, -0.1) is 5.10 Å². The second kappa shape index (κ2) is 3.14. The summed E-state index contributed by atoms with van der Waals surface area (Å²) in [5.41, 5.74) is 0.491. The number of hydrogen-bond donors (Lipinski definition) is 0. The summed E-state index contributed by atoms with van der Waals surface area (Å²) in [5.74, 6) is 0.509. The minimum absolute atomic E-state index is 0.491. The number of aldehydes is 1. The van der Waals surface area contributed by atoms with Crippen molar-refractivity contribution >= 4 is 23.8 Å².